The van der Waals surface area contributed by atoms with Gasteiger partial charge in [-0.1, -0.05) is 12.1 Å². The highest BCUT2D eigenvalue weighted by Gasteiger charge is 2.47. The number of rotatable bonds is 2. The average Bonchev–Trinajstić information content (AvgIpc) is 2.89. The minimum Gasteiger partial charge on any atom is -0.480 e. The van der Waals surface area contributed by atoms with Crippen molar-refractivity contribution in [2.75, 3.05) is 18.5 Å². The first-order valence-corrected chi connectivity index (χ1v) is 6.69. The molecule has 1 saturated heterocycles. The van der Waals surface area contributed by atoms with Crippen molar-refractivity contribution in [3.63, 3.8) is 0 Å². The van der Waals surface area contributed by atoms with Crippen molar-refractivity contribution in [3.05, 3.63) is 29.8 Å². The SMILES string of the molecule is CN(C(=O)N1CCCC1(C)C(=O)O)c1ccccc1C#N. The fourth-order valence-electron chi connectivity index (χ4n) is 2.64. The second-order valence-corrected chi connectivity index (χ2v) is 5.30. The number of likely N-dealkylation sites (tertiary alicyclic amines) is 1. The molecule has 6 nitrogen and oxygen atoms in total. The van der Waals surface area contributed by atoms with Gasteiger partial charge in [-0.2, -0.15) is 5.26 Å². The van der Waals surface area contributed by atoms with Crippen molar-refractivity contribution >= 4 is 17.7 Å². The van der Waals surface area contributed by atoms with Crippen LogP contribution in [-0.4, -0.2) is 41.1 Å². The van der Waals surface area contributed by atoms with Crippen LogP contribution in [0, 0.1) is 11.3 Å². The summed E-state index contributed by atoms with van der Waals surface area (Å²) in [6.45, 7) is 1.96. The van der Waals surface area contributed by atoms with Crippen molar-refractivity contribution in [2.24, 2.45) is 0 Å². The van der Waals surface area contributed by atoms with Gasteiger partial charge >= 0.3 is 12.0 Å². The van der Waals surface area contributed by atoms with Crippen LogP contribution in [0.15, 0.2) is 24.3 Å². The van der Waals surface area contributed by atoms with Crippen LogP contribution in [0.2, 0.25) is 0 Å². The van der Waals surface area contributed by atoms with Crippen molar-refractivity contribution in [3.8, 4) is 6.07 Å². The summed E-state index contributed by atoms with van der Waals surface area (Å²) >= 11 is 0. The molecule has 0 bridgehead atoms. The van der Waals surface area contributed by atoms with E-state index in [0.29, 0.717) is 30.6 Å². The Morgan fingerprint density at radius 3 is 2.71 bits per heavy atom. The molecule has 0 saturated carbocycles. The van der Waals surface area contributed by atoms with Gasteiger partial charge in [0.25, 0.3) is 0 Å². The van der Waals surface area contributed by atoms with E-state index in [1.54, 1.807) is 38.2 Å². The van der Waals surface area contributed by atoms with Crippen LogP contribution in [0.4, 0.5) is 10.5 Å². The number of para-hydroxylation sites is 1. The molecule has 21 heavy (non-hydrogen) atoms. The summed E-state index contributed by atoms with van der Waals surface area (Å²) in [6.07, 6.45) is 1.09. The van der Waals surface area contributed by atoms with Crippen LogP contribution in [0.25, 0.3) is 0 Å². The van der Waals surface area contributed by atoms with E-state index in [9.17, 15) is 14.7 Å². The minimum absolute atomic E-state index is 0.379. The third-order valence-electron chi connectivity index (χ3n) is 4.01. The molecule has 110 valence electrons. The summed E-state index contributed by atoms with van der Waals surface area (Å²) in [5.74, 6) is -1.00. The molecular weight excluding hydrogens is 270 g/mol. The zero-order valence-electron chi connectivity index (χ0n) is 12.0. The summed E-state index contributed by atoms with van der Waals surface area (Å²) in [5.41, 5.74) is -0.332. The van der Waals surface area contributed by atoms with E-state index >= 15 is 0 Å². The Morgan fingerprint density at radius 2 is 2.10 bits per heavy atom. The highest BCUT2D eigenvalue weighted by molar-refractivity contribution is 5.96. The van der Waals surface area contributed by atoms with E-state index in [-0.39, 0.29) is 0 Å². The van der Waals surface area contributed by atoms with Gasteiger partial charge in [-0.15, -0.1) is 0 Å². The topological polar surface area (TPSA) is 84.6 Å². The normalized spacial score (nSPS) is 20.9. The lowest BCUT2D eigenvalue weighted by Gasteiger charge is -2.34. The number of hydrogen-bond donors (Lipinski definition) is 1. The largest absolute Gasteiger partial charge is 0.480 e. The first kappa shape index (κ1) is 14.9. The van der Waals surface area contributed by atoms with E-state index in [1.807, 2.05) is 6.07 Å². The fraction of sp³-hybridized carbons (Fsp3) is 0.400. The van der Waals surface area contributed by atoms with Crippen LogP contribution in [0.3, 0.4) is 0 Å². The van der Waals surface area contributed by atoms with Crippen LogP contribution in [0.5, 0.6) is 0 Å². The fourth-order valence-corrected chi connectivity index (χ4v) is 2.64. The summed E-state index contributed by atoms with van der Waals surface area (Å²) in [7, 11) is 1.55. The third kappa shape index (κ3) is 2.42. The van der Waals surface area contributed by atoms with E-state index in [0.717, 1.165) is 0 Å². The molecule has 1 aromatic carbocycles. The highest BCUT2D eigenvalue weighted by Crippen LogP contribution is 2.31. The predicted molar refractivity (Wildman–Crippen MR) is 76.9 cm³/mol. The Balaban J connectivity index is 2.32. The number of anilines is 1. The van der Waals surface area contributed by atoms with E-state index in [2.05, 4.69) is 0 Å². The number of nitriles is 1. The molecule has 0 aliphatic carbocycles. The van der Waals surface area contributed by atoms with Crippen molar-refractivity contribution in [1.82, 2.24) is 4.90 Å². The molecule has 1 aliphatic rings. The van der Waals surface area contributed by atoms with Gasteiger partial charge in [0.05, 0.1) is 11.3 Å². The molecular formula is C15H17N3O3. The van der Waals surface area contributed by atoms with Gasteiger partial charge in [0.1, 0.15) is 11.6 Å². The van der Waals surface area contributed by atoms with E-state index < -0.39 is 17.5 Å². The lowest BCUT2D eigenvalue weighted by Crippen LogP contribution is -2.54. The monoisotopic (exact) mass is 287 g/mol. The quantitative estimate of drug-likeness (QED) is 0.902. The van der Waals surface area contributed by atoms with Crippen molar-refractivity contribution in [2.45, 2.75) is 25.3 Å². The smallest absolute Gasteiger partial charge is 0.329 e. The Hall–Kier alpha value is -2.55. The lowest BCUT2D eigenvalue weighted by atomic mass is 9.99. The standard InChI is InChI=1S/C15H17N3O3/c1-15(13(19)20)8-5-9-18(15)14(21)17(2)12-7-4-3-6-11(12)10-16/h3-4,6-7H,5,8-9H2,1-2H3,(H,19,20). The number of amides is 2. The number of urea groups is 1. The van der Waals surface area contributed by atoms with E-state index in [4.69, 9.17) is 5.26 Å². The highest BCUT2D eigenvalue weighted by atomic mass is 16.4. The summed E-state index contributed by atoms with van der Waals surface area (Å²) < 4.78 is 0. The Bertz CT molecular complexity index is 623. The maximum Gasteiger partial charge on any atom is 0.329 e. The molecule has 6 heteroatoms. The van der Waals surface area contributed by atoms with Gasteiger partial charge in [0, 0.05) is 13.6 Å². The van der Waals surface area contributed by atoms with Gasteiger partial charge in [0.2, 0.25) is 0 Å². The first-order chi connectivity index (χ1) is 9.91. The Kier molecular flexibility index (Phi) is 3.85. The van der Waals surface area contributed by atoms with Gasteiger partial charge in [-0.3, -0.25) is 4.90 Å². The molecule has 2 amide bonds. The Labute approximate surface area is 123 Å². The van der Waals surface area contributed by atoms with Gasteiger partial charge in [0.15, 0.2) is 0 Å². The van der Waals surface area contributed by atoms with Gasteiger partial charge < -0.3 is 10.0 Å². The van der Waals surface area contributed by atoms with Crippen molar-refractivity contribution < 1.29 is 14.7 Å². The first-order valence-electron chi connectivity index (χ1n) is 6.69. The molecule has 1 aromatic rings. The van der Waals surface area contributed by atoms with E-state index in [1.165, 1.54) is 9.80 Å². The zero-order chi connectivity index (χ0) is 15.6. The van der Waals surface area contributed by atoms with Gasteiger partial charge in [-0.25, -0.2) is 9.59 Å². The molecule has 1 atom stereocenters. The van der Waals surface area contributed by atoms with Crippen LogP contribution >= 0.6 is 0 Å². The molecule has 1 N–H and O–H groups in total. The second kappa shape index (κ2) is 5.44. The number of carbonyl (C=O) groups excluding carboxylic acids is 1. The lowest BCUT2D eigenvalue weighted by molar-refractivity contribution is -0.147. The van der Waals surface area contributed by atoms with Crippen LogP contribution in [-0.2, 0) is 4.79 Å². The molecule has 1 fully saturated rings. The molecule has 0 radical (unpaired) electrons. The number of carbonyl (C=O) groups is 2. The van der Waals surface area contributed by atoms with Crippen molar-refractivity contribution in [1.29, 1.82) is 5.26 Å². The summed E-state index contributed by atoms with van der Waals surface area (Å²) in [5, 5.41) is 18.5. The maximum atomic E-state index is 12.6. The predicted octanol–water partition coefficient (Wildman–Crippen LogP) is 2.05. The summed E-state index contributed by atoms with van der Waals surface area (Å²) in [6, 6.07) is 8.39. The average molecular weight is 287 g/mol. The Morgan fingerprint density at radius 1 is 1.43 bits per heavy atom. The third-order valence-corrected chi connectivity index (χ3v) is 4.01. The number of hydrogen-bond acceptors (Lipinski definition) is 3. The molecule has 1 aliphatic heterocycles. The minimum atomic E-state index is -1.19. The number of nitrogens with zero attached hydrogens (tertiary/aromatic N) is 3. The number of benzene rings is 1. The molecule has 1 heterocycles. The number of carboxylic acid groups (broad SMARTS) is 1. The summed E-state index contributed by atoms with van der Waals surface area (Å²) in [4.78, 5) is 26.8. The second-order valence-electron chi connectivity index (χ2n) is 5.30. The van der Waals surface area contributed by atoms with Crippen LogP contribution in [0.1, 0.15) is 25.3 Å². The molecule has 0 aromatic heterocycles. The molecule has 0 spiro atoms. The molecule has 1 unspecified atom stereocenters. The maximum absolute atomic E-state index is 12.6. The molecule has 2 rings (SSSR count). The van der Waals surface area contributed by atoms with Crippen LogP contribution < -0.4 is 4.90 Å². The van der Waals surface area contributed by atoms with Gasteiger partial charge in [-0.05, 0) is 31.9 Å². The zero-order valence-corrected chi connectivity index (χ0v) is 12.0. The number of aliphatic carboxylic acids is 1. The number of carboxylic acids is 1.